The second-order valence-electron chi connectivity index (χ2n) is 8.03. The minimum Gasteiger partial charge on any atom is -0.389 e. The van der Waals surface area contributed by atoms with E-state index in [-0.39, 0.29) is 12.4 Å². The monoisotopic (exact) mass is 381 g/mol. The number of likely N-dealkylation sites (tertiary alicyclic amines) is 1. The topological polar surface area (TPSA) is 88.7 Å². The number of pyridine rings is 1. The number of nitrogens with zero attached hydrogens (tertiary/aromatic N) is 2. The van der Waals surface area contributed by atoms with Crippen LogP contribution in [0.5, 0.6) is 0 Å². The highest BCUT2D eigenvalue weighted by molar-refractivity contribution is 5.90. The molecule has 6 nitrogen and oxygen atoms in total. The lowest BCUT2D eigenvalue weighted by atomic mass is 9.62. The summed E-state index contributed by atoms with van der Waals surface area (Å²) >= 11 is 0. The van der Waals surface area contributed by atoms with Crippen LogP contribution in [0.3, 0.4) is 0 Å². The van der Waals surface area contributed by atoms with Crippen molar-refractivity contribution in [1.82, 2.24) is 9.88 Å². The number of hydrogen-bond acceptors (Lipinski definition) is 5. The zero-order valence-electron chi connectivity index (χ0n) is 15.2. The molecule has 2 bridgehead atoms. The van der Waals surface area contributed by atoms with Crippen molar-refractivity contribution >= 4 is 18.3 Å². The molecule has 1 saturated heterocycles. The number of methoxy groups -OCH3 is 1. The molecule has 2 aliphatic carbocycles. The van der Waals surface area contributed by atoms with Crippen LogP contribution in [0.15, 0.2) is 18.3 Å². The predicted molar refractivity (Wildman–Crippen MR) is 100 cm³/mol. The van der Waals surface area contributed by atoms with Crippen molar-refractivity contribution in [1.29, 1.82) is 0 Å². The number of aromatic nitrogens is 1. The molecule has 3 N–H and O–H groups in total. The Labute approximate surface area is 160 Å². The number of fused-ring (bicyclic) bond motifs is 2. The van der Waals surface area contributed by atoms with Gasteiger partial charge in [0.1, 0.15) is 11.3 Å². The SMILES string of the molecule is CO[C@]1(c2ccnc(C(N)=O)c2)[C@@H]2CCC[C@H]1CN(CC1(O)CC1)C2.Cl. The largest absolute Gasteiger partial charge is 0.389 e. The first-order chi connectivity index (χ1) is 12.0. The molecule has 7 heteroatoms. The van der Waals surface area contributed by atoms with Gasteiger partial charge in [0, 0.05) is 44.8 Å². The van der Waals surface area contributed by atoms with E-state index in [2.05, 4.69) is 9.88 Å². The van der Waals surface area contributed by atoms with Gasteiger partial charge in [0.05, 0.1) is 5.60 Å². The normalized spacial score (nSPS) is 32.5. The van der Waals surface area contributed by atoms with E-state index in [1.807, 2.05) is 6.07 Å². The van der Waals surface area contributed by atoms with Gasteiger partial charge in [-0.2, -0.15) is 0 Å². The van der Waals surface area contributed by atoms with Crippen molar-refractivity contribution in [3.63, 3.8) is 0 Å². The number of piperidine rings is 1. The molecule has 4 rings (SSSR count). The molecule has 1 amide bonds. The van der Waals surface area contributed by atoms with Gasteiger partial charge in [0.25, 0.3) is 5.91 Å². The second-order valence-corrected chi connectivity index (χ2v) is 8.03. The zero-order chi connectivity index (χ0) is 17.7. The van der Waals surface area contributed by atoms with Crippen LogP contribution < -0.4 is 5.73 Å². The quantitative estimate of drug-likeness (QED) is 0.810. The van der Waals surface area contributed by atoms with E-state index in [1.165, 1.54) is 6.42 Å². The Balaban J connectivity index is 0.00000196. The molecule has 2 heterocycles. The fraction of sp³-hybridized carbons (Fsp3) is 0.684. The van der Waals surface area contributed by atoms with Crippen LogP contribution in [0.2, 0.25) is 0 Å². The van der Waals surface area contributed by atoms with Gasteiger partial charge < -0.3 is 15.6 Å². The lowest BCUT2D eigenvalue weighted by molar-refractivity contribution is -0.172. The summed E-state index contributed by atoms with van der Waals surface area (Å²) in [5, 5.41) is 10.3. The number of primary amides is 1. The molecule has 0 spiro atoms. The number of amides is 1. The average Bonchev–Trinajstić information content (AvgIpc) is 3.31. The van der Waals surface area contributed by atoms with Gasteiger partial charge >= 0.3 is 0 Å². The molecular weight excluding hydrogens is 354 g/mol. The van der Waals surface area contributed by atoms with Gasteiger partial charge in [0.15, 0.2) is 0 Å². The Hall–Kier alpha value is -1.21. The van der Waals surface area contributed by atoms with Gasteiger partial charge in [-0.05, 0) is 43.4 Å². The molecule has 3 fully saturated rings. The lowest BCUT2D eigenvalue weighted by Gasteiger charge is -2.55. The van der Waals surface area contributed by atoms with Gasteiger partial charge in [-0.1, -0.05) is 6.42 Å². The minimum absolute atomic E-state index is 0. The summed E-state index contributed by atoms with van der Waals surface area (Å²) < 4.78 is 6.19. The van der Waals surface area contributed by atoms with Gasteiger partial charge in [-0.3, -0.25) is 14.7 Å². The van der Waals surface area contributed by atoms with E-state index in [1.54, 1.807) is 19.4 Å². The smallest absolute Gasteiger partial charge is 0.267 e. The Morgan fingerprint density at radius 3 is 2.58 bits per heavy atom. The van der Waals surface area contributed by atoms with Crippen LogP contribution in [0.4, 0.5) is 0 Å². The highest BCUT2D eigenvalue weighted by atomic mass is 35.5. The number of ether oxygens (including phenoxy) is 1. The zero-order valence-corrected chi connectivity index (χ0v) is 16.0. The molecule has 1 aromatic heterocycles. The maximum atomic E-state index is 11.6. The average molecular weight is 382 g/mol. The van der Waals surface area contributed by atoms with Crippen LogP contribution in [-0.2, 0) is 10.3 Å². The number of carbonyl (C=O) groups is 1. The van der Waals surface area contributed by atoms with E-state index in [0.717, 1.165) is 50.9 Å². The highest BCUT2D eigenvalue weighted by Crippen LogP contribution is 2.52. The molecule has 3 aliphatic rings. The van der Waals surface area contributed by atoms with Crippen molar-refractivity contribution in [2.24, 2.45) is 17.6 Å². The third kappa shape index (κ3) is 3.24. The number of nitrogens with two attached hydrogens (primary N) is 1. The van der Waals surface area contributed by atoms with Crippen LogP contribution in [0.1, 0.15) is 48.2 Å². The summed E-state index contributed by atoms with van der Waals surface area (Å²) in [5.41, 5.74) is 5.88. The summed E-state index contributed by atoms with van der Waals surface area (Å²) in [6.07, 6.45) is 6.87. The molecule has 3 atom stereocenters. The molecule has 0 aromatic carbocycles. The van der Waals surface area contributed by atoms with Crippen LogP contribution in [-0.4, -0.2) is 53.2 Å². The Kier molecular flexibility index (Phi) is 5.32. The standard InChI is InChI=1S/C19H27N3O3.ClH/c1-25-19(13-5-8-21-16(9-13)17(20)23)14-3-2-4-15(19)11-22(10-14)12-18(24)6-7-18;/h5,8-9,14-15,24H,2-4,6-7,10-12H2,1H3,(H2,20,23);1H/t14-,15+,19-;. The predicted octanol–water partition coefficient (Wildman–Crippen LogP) is 1.70. The van der Waals surface area contributed by atoms with Gasteiger partial charge in [0.2, 0.25) is 0 Å². The van der Waals surface area contributed by atoms with Gasteiger partial charge in [-0.25, -0.2) is 0 Å². The van der Waals surface area contributed by atoms with E-state index in [0.29, 0.717) is 17.5 Å². The number of aliphatic hydroxyl groups is 1. The third-order valence-corrected chi connectivity index (χ3v) is 6.42. The lowest BCUT2D eigenvalue weighted by Crippen LogP contribution is -2.60. The number of halogens is 1. The third-order valence-electron chi connectivity index (χ3n) is 6.42. The van der Waals surface area contributed by atoms with E-state index in [9.17, 15) is 9.90 Å². The Morgan fingerprint density at radius 1 is 1.38 bits per heavy atom. The van der Waals surface area contributed by atoms with E-state index in [4.69, 9.17) is 10.5 Å². The first-order valence-electron chi connectivity index (χ1n) is 9.23. The molecule has 1 aliphatic heterocycles. The summed E-state index contributed by atoms with van der Waals surface area (Å²) in [4.78, 5) is 18.1. The molecule has 144 valence electrons. The summed E-state index contributed by atoms with van der Waals surface area (Å²) in [6.45, 7) is 2.60. The molecular formula is C19H28ClN3O3. The highest BCUT2D eigenvalue weighted by Gasteiger charge is 2.54. The minimum atomic E-state index is -0.508. The Bertz CT molecular complexity index is 666. The number of β-amino-alcohol motifs (C(OH)–C–C–N with tert-alkyl or cyclic N) is 1. The van der Waals surface area contributed by atoms with Crippen molar-refractivity contribution < 1.29 is 14.6 Å². The maximum Gasteiger partial charge on any atom is 0.267 e. The van der Waals surface area contributed by atoms with Crippen LogP contribution in [0.25, 0.3) is 0 Å². The van der Waals surface area contributed by atoms with Crippen molar-refractivity contribution in [2.75, 3.05) is 26.7 Å². The van der Waals surface area contributed by atoms with E-state index < -0.39 is 17.1 Å². The van der Waals surface area contributed by atoms with E-state index >= 15 is 0 Å². The number of carbonyl (C=O) groups excluding carboxylic acids is 1. The van der Waals surface area contributed by atoms with Gasteiger partial charge in [-0.15, -0.1) is 12.4 Å². The molecule has 1 aromatic rings. The van der Waals surface area contributed by atoms with Crippen molar-refractivity contribution in [3.05, 3.63) is 29.6 Å². The number of hydrogen-bond donors (Lipinski definition) is 2. The fourth-order valence-corrected chi connectivity index (χ4v) is 5.10. The van der Waals surface area contributed by atoms with Crippen molar-refractivity contribution in [2.45, 2.75) is 43.3 Å². The number of rotatable bonds is 5. The molecule has 26 heavy (non-hydrogen) atoms. The van der Waals surface area contributed by atoms with Crippen molar-refractivity contribution in [3.8, 4) is 0 Å². The first-order valence-corrected chi connectivity index (χ1v) is 9.23. The molecule has 0 unspecified atom stereocenters. The summed E-state index contributed by atoms with van der Waals surface area (Å²) in [7, 11) is 1.78. The fourth-order valence-electron chi connectivity index (χ4n) is 5.10. The second kappa shape index (κ2) is 7.08. The van der Waals surface area contributed by atoms with Crippen LogP contribution in [0, 0.1) is 11.8 Å². The Morgan fingerprint density at radius 2 is 2.04 bits per heavy atom. The molecule has 2 saturated carbocycles. The molecule has 0 radical (unpaired) electrons. The first kappa shape index (κ1) is 19.5. The summed E-state index contributed by atoms with van der Waals surface area (Å²) in [5.74, 6) is 0.178. The maximum absolute atomic E-state index is 11.6. The van der Waals surface area contributed by atoms with Crippen LogP contribution >= 0.6 is 12.4 Å². The summed E-state index contributed by atoms with van der Waals surface area (Å²) in [6, 6.07) is 3.77.